The van der Waals surface area contributed by atoms with Gasteiger partial charge in [0.1, 0.15) is 0 Å². The molecule has 1 aliphatic rings. The van der Waals surface area contributed by atoms with Crippen LogP contribution < -0.4 is 10.2 Å². The van der Waals surface area contributed by atoms with Gasteiger partial charge in [0, 0.05) is 26.2 Å². The first-order chi connectivity index (χ1) is 9.15. The Bertz CT molecular complexity index is 374. The second-order valence-corrected chi connectivity index (χ2v) is 5.59. The first kappa shape index (κ1) is 14.2. The fourth-order valence-corrected chi connectivity index (χ4v) is 2.24. The second-order valence-electron chi connectivity index (χ2n) is 5.59. The minimum Gasteiger partial charge on any atom is -0.378 e. The Hall–Kier alpha value is -1.20. The van der Waals surface area contributed by atoms with Gasteiger partial charge in [0.05, 0.1) is 18.9 Å². The summed E-state index contributed by atoms with van der Waals surface area (Å²) in [6.45, 7) is 7.77. The molecule has 5 nitrogen and oxygen atoms in total. The van der Waals surface area contributed by atoms with E-state index in [0.29, 0.717) is 12.0 Å². The lowest BCUT2D eigenvalue weighted by atomic mass is 10.1. The molecule has 106 valence electrons. The number of nitrogens with zero attached hydrogens (tertiary/aromatic N) is 3. The summed E-state index contributed by atoms with van der Waals surface area (Å²) in [5.41, 5.74) is 1.06. The minimum absolute atomic E-state index is 0.371. The standard InChI is InChI=1S/C14H24N4O/c1-11(2)8-12-4-5-14(17-16-12)18(3)9-13-10-19-7-6-15-13/h4-5,11,13,15H,6-10H2,1-3H3. The third kappa shape index (κ3) is 4.44. The maximum Gasteiger partial charge on any atom is 0.151 e. The number of rotatable bonds is 5. The smallest absolute Gasteiger partial charge is 0.151 e. The highest BCUT2D eigenvalue weighted by Crippen LogP contribution is 2.11. The lowest BCUT2D eigenvalue weighted by molar-refractivity contribution is 0.0790. The van der Waals surface area contributed by atoms with Gasteiger partial charge in [-0.3, -0.25) is 0 Å². The molecule has 0 aliphatic carbocycles. The average molecular weight is 264 g/mol. The fourth-order valence-electron chi connectivity index (χ4n) is 2.24. The van der Waals surface area contributed by atoms with Crippen LogP contribution in [0.25, 0.3) is 0 Å². The number of likely N-dealkylation sites (N-methyl/N-ethyl adjacent to an activating group) is 1. The molecule has 0 saturated carbocycles. The summed E-state index contributed by atoms with van der Waals surface area (Å²) in [5.74, 6) is 1.53. The van der Waals surface area contributed by atoms with E-state index in [9.17, 15) is 0 Å². The molecule has 0 radical (unpaired) electrons. The Balaban J connectivity index is 1.89. The summed E-state index contributed by atoms with van der Waals surface area (Å²) in [5, 5.41) is 12.0. The maximum absolute atomic E-state index is 5.46. The maximum atomic E-state index is 5.46. The number of ether oxygens (including phenoxy) is 1. The SMILES string of the molecule is CC(C)Cc1ccc(N(C)CC2COCCN2)nn1. The van der Waals surface area contributed by atoms with Crippen molar-refractivity contribution < 1.29 is 4.74 Å². The van der Waals surface area contributed by atoms with Gasteiger partial charge in [-0.25, -0.2) is 0 Å². The monoisotopic (exact) mass is 264 g/mol. The zero-order valence-electron chi connectivity index (χ0n) is 12.1. The van der Waals surface area contributed by atoms with Gasteiger partial charge < -0.3 is 15.0 Å². The van der Waals surface area contributed by atoms with E-state index in [-0.39, 0.29) is 0 Å². The van der Waals surface area contributed by atoms with Crippen molar-refractivity contribution in [2.75, 3.05) is 38.3 Å². The highest BCUT2D eigenvalue weighted by Gasteiger charge is 2.16. The molecule has 1 saturated heterocycles. The molecule has 5 heteroatoms. The van der Waals surface area contributed by atoms with E-state index < -0.39 is 0 Å². The van der Waals surface area contributed by atoms with Crippen molar-refractivity contribution in [3.05, 3.63) is 17.8 Å². The minimum atomic E-state index is 0.371. The van der Waals surface area contributed by atoms with Gasteiger partial charge in [0.25, 0.3) is 0 Å². The third-order valence-electron chi connectivity index (χ3n) is 3.21. The quantitative estimate of drug-likeness (QED) is 0.863. The number of morpholine rings is 1. The molecule has 0 amide bonds. The van der Waals surface area contributed by atoms with Crippen LogP contribution in [-0.4, -0.2) is 49.6 Å². The predicted octanol–water partition coefficient (Wildman–Crippen LogP) is 1.10. The molecule has 1 unspecified atom stereocenters. The summed E-state index contributed by atoms with van der Waals surface area (Å²) in [4.78, 5) is 2.12. The molecule has 1 N–H and O–H groups in total. The highest BCUT2D eigenvalue weighted by atomic mass is 16.5. The third-order valence-corrected chi connectivity index (χ3v) is 3.21. The van der Waals surface area contributed by atoms with Crippen LogP contribution in [0.4, 0.5) is 5.82 Å². The van der Waals surface area contributed by atoms with Gasteiger partial charge in [0.15, 0.2) is 5.82 Å². The largest absolute Gasteiger partial charge is 0.378 e. The van der Waals surface area contributed by atoms with E-state index in [1.807, 2.05) is 13.1 Å². The summed E-state index contributed by atoms with van der Waals surface area (Å²) < 4.78 is 5.46. The van der Waals surface area contributed by atoms with Crippen LogP contribution in [-0.2, 0) is 11.2 Å². The van der Waals surface area contributed by atoms with E-state index in [1.165, 1.54) is 0 Å². The van der Waals surface area contributed by atoms with E-state index in [4.69, 9.17) is 4.74 Å². The molecule has 1 aromatic rings. The Morgan fingerprint density at radius 3 is 2.84 bits per heavy atom. The Labute approximate surface area is 115 Å². The normalized spacial score (nSPS) is 19.7. The van der Waals surface area contributed by atoms with Crippen LogP contribution >= 0.6 is 0 Å². The fraction of sp³-hybridized carbons (Fsp3) is 0.714. The molecule has 1 fully saturated rings. The van der Waals surface area contributed by atoms with Gasteiger partial charge in [0.2, 0.25) is 0 Å². The van der Waals surface area contributed by atoms with Crippen LogP contribution in [0.15, 0.2) is 12.1 Å². The Kier molecular flexibility index (Phi) is 5.10. The molecule has 1 aromatic heterocycles. The Morgan fingerprint density at radius 1 is 1.42 bits per heavy atom. The first-order valence-corrected chi connectivity index (χ1v) is 7.00. The average Bonchev–Trinajstić information content (AvgIpc) is 2.40. The van der Waals surface area contributed by atoms with Gasteiger partial charge in [-0.2, -0.15) is 5.10 Å². The zero-order chi connectivity index (χ0) is 13.7. The van der Waals surface area contributed by atoms with Crippen LogP contribution in [0.2, 0.25) is 0 Å². The summed E-state index contributed by atoms with van der Waals surface area (Å²) in [7, 11) is 2.04. The molecule has 1 atom stereocenters. The number of aromatic nitrogens is 2. The van der Waals surface area contributed by atoms with E-state index in [0.717, 1.165) is 44.2 Å². The summed E-state index contributed by atoms with van der Waals surface area (Å²) in [6.07, 6.45) is 0.981. The number of nitrogens with one attached hydrogen (secondary N) is 1. The second kappa shape index (κ2) is 6.82. The van der Waals surface area contributed by atoms with E-state index in [2.05, 4.69) is 40.3 Å². The Morgan fingerprint density at radius 2 is 2.26 bits per heavy atom. The van der Waals surface area contributed by atoms with E-state index >= 15 is 0 Å². The van der Waals surface area contributed by atoms with Crippen LogP contribution in [0.3, 0.4) is 0 Å². The molecule has 2 heterocycles. The molecular formula is C14H24N4O. The van der Waals surface area contributed by atoms with Crippen molar-refractivity contribution in [3.63, 3.8) is 0 Å². The summed E-state index contributed by atoms with van der Waals surface area (Å²) >= 11 is 0. The van der Waals surface area contributed by atoms with Crippen molar-refractivity contribution >= 4 is 5.82 Å². The molecule has 0 bridgehead atoms. The van der Waals surface area contributed by atoms with Gasteiger partial charge in [-0.15, -0.1) is 5.10 Å². The lowest BCUT2D eigenvalue weighted by Gasteiger charge is -2.28. The van der Waals surface area contributed by atoms with E-state index in [1.54, 1.807) is 0 Å². The number of hydrogen-bond donors (Lipinski definition) is 1. The lowest BCUT2D eigenvalue weighted by Crippen LogP contribution is -2.47. The molecule has 0 spiro atoms. The first-order valence-electron chi connectivity index (χ1n) is 7.00. The predicted molar refractivity (Wildman–Crippen MR) is 76.5 cm³/mol. The zero-order valence-corrected chi connectivity index (χ0v) is 12.1. The van der Waals surface area contributed by atoms with Crippen LogP contribution in [0.5, 0.6) is 0 Å². The molecule has 19 heavy (non-hydrogen) atoms. The molecule has 2 rings (SSSR count). The van der Waals surface area contributed by atoms with Crippen molar-refractivity contribution in [2.45, 2.75) is 26.3 Å². The number of hydrogen-bond acceptors (Lipinski definition) is 5. The van der Waals surface area contributed by atoms with Crippen molar-refractivity contribution in [3.8, 4) is 0 Å². The van der Waals surface area contributed by atoms with Gasteiger partial charge in [-0.1, -0.05) is 13.8 Å². The van der Waals surface area contributed by atoms with Crippen LogP contribution in [0, 0.1) is 5.92 Å². The topological polar surface area (TPSA) is 50.3 Å². The molecule has 0 aromatic carbocycles. The van der Waals surface area contributed by atoms with Crippen LogP contribution in [0.1, 0.15) is 19.5 Å². The van der Waals surface area contributed by atoms with Crippen molar-refractivity contribution in [1.29, 1.82) is 0 Å². The highest BCUT2D eigenvalue weighted by molar-refractivity contribution is 5.36. The number of anilines is 1. The van der Waals surface area contributed by atoms with Gasteiger partial charge >= 0.3 is 0 Å². The molecular weight excluding hydrogens is 240 g/mol. The summed E-state index contributed by atoms with van der Waals surface area (Å²) in [6, 6.07) is 4.49. The van der Waals surface area contributed by atoms with Crippen molar-refractivity contribution in [1.82, 2.24) is 15.5 Å². The van der Waals surface area contributed by atoms with Gasteiger partial charge in [-0.05, 0) is 24.5 Å². The van der Waals surface area contributed by atoms with Crippen molar-refractivity contribution in [2.24, 2.45) is 5.92 Å². The molecule has 1 aliphatic heterocycles.